The largest absolute Gasteiger partial charge is 0.483 e. The van der Waals surface area contributed by atoms with Crippen molar-refractivity contribution in [3.05, 3.63) is 30.0 Å². The number of hydrogen-bond donors (Lipinski definition) is 1. The maximum absolute atomic E-state index is 11.5. The molecule has 0 radical (unpaired) electrons. The average molecular weight is 383 g/mol. The fourth-order valence-corrected chi connectivity index (χ4v) is 3.35. The molecule has 3 heterocycles. The zero-order valence-corrected chi connectivity index (χ0v) is 15.5. The molecule has 10 nitrogen and oxygen atoms in total. The molecule has 0 saturated carbocycles. The summed E-state index contributed by atoms with van der Waals surface area (Å²) < 4.78 is 30.3. The number of ether oxygens (including phenoxy) is 1. The molecule has 0 aliphatic carbocycles. The monoisotopic (exact) mass is 383 g/mol. The normalized spacial score (nSPS) is 16.4. The molecule has 2 aromatic heterocycles. The summed E-state index contributed by atoms with van der Waals surface area (Å²) in [5, 5.41) is 15.3. The van der Waals surface area contributed by atoms with Gasteiger partial charge in [-0.25, -0.2) is 13.4 Å². The molecular formula is C15H21N5O5S. The Morgan fingerprint density at radius 1 is 1.38 bits per heavy atom. The van der Waals surface area contributed by atoms with Gasteiger partial charge in [-0.1, -0.05) is 0 Å². The van der Waals surface area contributed by atoms with Crippen molar-refractivity contribution in [2.24, 2.45) is 0 Å². The topological polar surface area (TPSA) is 128 Å². The fourth-order valence-electron chi connectivity index (χ4n) is 2.79. The molecule has 26 heavy (non-hydrogen) atoms. The van der Waals surface area contributed by atoms with Crippen LogP contribution in [0.5, 0.6) is 0 Å². The number of pyridine rings is 1. The predicted molar refractivity (Wildman–Crippen MR) is 92.5 cm³/mol. The first-order chi connectivity index (χ1) is 12.3. The quantitative estimate of drug-likeness (QED) is 0.751. The second-order valence-corrected chi connectivity index (χ2v) is 7.81. The van der Waals surface area contributed by atoms with Crippen LogP contribution < -0.4 is 4.90 Å². The summed E-state index contributed by atoms with van der Waals surface area (Å²) in [4.78, 5) is 14.9. The van der Waals surface area contributed by atoms with Crippen LogP contribution in [0.1, 0.15) is 24.6 Å². The molecule has 1 N–H and O–H groups in total. The van der Waals surface area contributed by atoms with Crippen LogP contribution in [-0.2, 0) is 32.5 Å². The maximum atomic E-state index is 11.5. The summed E-state index contributed by atoms with van der Waals surface area (Å²) in [5.74, 6) is 2.40. The molecule has 0 unspecified atom stereocenters. The molecule has 2 aromatic rings. The SMILES string of the molecule is COCc1nnc2n1[C@@H](C)CN(c1ccc(S(C)(=O)=O)cn1)C2.O=CO. The van der Waals surface area contributed by atoms with E-state index in [0.29, 0.717) is 13.2 Å². The predicted octanol–water partition coefficient (Wildman–Crippen LogP) is 0.505. The van der Waals surface area contributed by atoms with Crippen LogP contribution in [0.4, 0.5) is 5.82 Å². The van der Waals surface area contributed by atoms with Crippen LogP contribution in [-0.4, -0.2) is 59.7 Å². The van der Waals surface area contributed by atoms with Crippen molar-refractivity contribution < 1.29 is 23.1 Å². The van der Waals surface area contributed by atoms with Gasteiger partial charge in [0.25, 0.3) is 6.47 Å². The first-order valence-electron chi connectivity index (χ1n) is 7.72. The lowest BCUT2D eigenvalue weighted by atomic mass is 10.2. The summed E-state index contributed by atoms with van der Waals surface area (Å²) in [6.45, 7) is 3.58. The summed E-state index contributed by atoms with van der Waals surface area (Å²) in [7, 11) is -1.60. The van der Waals surface area contributed by atoms with Crippen molar-refractivity contribution in [3.8, 4) is 0 Å². The highest BCUT2D eigenvalue weighted by Crippen LogP contribution is 2.25. The van der Waals surface area contributed by atoms with Crippen molar-refractivity contribution in [1.82, 2.24) is 19.7 Å². The summed E-state index contributed by atoms with van der Waals surface area (Å²) in [6.07, 6.45) is 2.57. The summed E-state index contributed by atoms with van der Waals surface area (Å²) >= 11 is 0. The Kier molecular flexibility index (Phi) is 6.27. The molecule has 1 aliphatic rings. The minimum atomic E-state index is -3.23. The Morgan fingerprint density at radius 2 is 2.08 bits per heavy atom. The summed E-state index contributed by atoms with van der Waals surface area (Å²) in [5.41, 5.74) is 0. The summed E-state index contributed by atoms with van der Waals surface area (Å²) in [6, 6.07) is 3.48. The Bertz CT molecular complexity index is 850. The van der Waals surface area contributed by atoms with Gasteiger partial charge in [0, 0.05) is 26.1 Å². The van der Waals surface area contributed by atoms with Crippen LogP contribution in [0, 0.1) is 0 Å². The van der Waals surface area contributed by atoms with Gasteiger partial charge >= 0.3 is 0 Å². The lowest BCUT2D eigenvalue weighted by Gasteiger charge is -2.33. The highest BCUT2D eigenvalue weighted by atomic mass is 32.2. The van der Waals surface area contributed by atoms with Crippen LogP contribution in [0.25, 0.3) is 0 Å². The van der Waals surface area contributed by atoms with Crippen LogP contribution in [0.15, 0.2) is 23.2 Å². The Hall–Kier alpha value is -2.53. The van der Waals surface area contributed by atoms with Crippen LogP contribution in [0.2, 0.25) is 0 Å². The third kappa shape index (κ3) is 4.35. The lowest BCUT2D eigenvalue weighted by Crippen LogP contribution is -2.37. The lowest BCUT2D eigenvalue weighted by molar-refractivity contribution is -0.122. The van der Waals surface area contributed by atoms with Gasteiger partial charge in [-0.15, -0.1) is 10.2 Å². The average Bonchev–Trinajstić information content (AvgIpc) is 2.99. The number of fused-ring (bicyclic) bond motifs is 1. The molecule has 0 spiro atoms. The minimum absolute atomic E-state index is 0.176. The number of carbonyl (C=O) groups is 1. The van der Waals surface area contributed by atoms with Gasteiger partial charge in [-0.05, 0) is 19.1 Å². The van der Waals surface area contributed by atoms with E-state index in [2.05, 4.69) is 31.6 Å². The molecule has 11 heteroatoms. The highest BCUT2D eigenvalue weighted by Gasteiger charge is 2.27. The fraction of sp³-hybridized carbons (Fsp3) is 0.467. The number of nitrogens with zero attached hydrogens (tertiary/aromatic N) is 5. The standard InChI is InChI=1S/C14H19N5O3S.CH2O2/c1-10-7-18(8-13-16-17-14(9-22-2)19(10)13)12-5-4-11(6-15-12)23(3,20)21;2-1-3/h4-6,10H,7-9H2,1-3H3;1H,(H,2,3)/t10-;/m0./s1. The van der Waals surface area contributed by atoms with E-state index in [1.54, 1.807) is 19.2 Å². The molecule has 0 saturated heterocycles. The Balaban J connectivity index is 0.000000758. The van der Waals surface area contributed by atoms with Gasteiger partial charge in [0.2, 0.25) is 0 Å². The van der Waals surface area contributed by atoms with E-state index in [9.17, 15) is 8.42 Å². The van der Waals surface area contributed by atoms with Gasteiger partial charge < -0.3 is 19.3 Å². The maximum Gasteiger partial charge on any atom is 0.290 e. The second kappa shape index (κ2) is 8.23. The van der Waals surface area contributed by atoms with Crippen molar-refractivity contribution >= 4 is 22.1 Å². The molecule has 0 fully saturated rings. The van der Waals surface area contributed by atoms with Crippen molar-refractivity contribution in [3.63, 3.8) is 0 Å². The van der Waals surface area contributed by atoms with Gasteiger partial charge in [-0.3, -0.25) is 4.79 Å². The van der Waals surface area contributed by atoms with E-state index in [1.807, 2.05) is 0 Å². The molecular weight excluding hydrogens is 362 g/mol. The molecule has 1 aliphatic heterocycles. The van der Waals surface area contributed by atoms with Gasteiger partial charge in [0.15, 0.2) is 21.5 Å². The number of hydrogen-bond acceptors (Lipinski definition) is 8. The zero-order valence-electron chi connectivity index (χ0n) is 14.7. The van der Waals surface area contributed by atoms with Crippen LogP contribution >= 0.6 is 0 Å². The van der Waals surface area contributed by atoms with E-state index < -0.39 is 9.84 Å². The highest BCUT2D eigenvalue weighted by molar-refractivity contribution is 7.90. The van der Waals surface area contributed by atoms with E-state index in [1.165, 1.54) is 12.5 Å². The molecule has 142 valence electrons. The molecule has 0 bridgehead atoms. The number of aromatic nitrogens is 4. The Labute approximate surface area is 151 Å². The molecule has 3 rings (SSSR count). The Morgan fingerprint density at radius 3 is 2.62 bits per heavy atom. The van der Waals surface area contributed by atoms with Gasteiger partial charge in [0.05, 0.1) is 17.5 Å². The van der Waals surface area contributed by atoms with Crippen LogP contribution in [0.3, 0.4) is 0 Å². The number of sulfone groups is 1. The third-order valence-corrected chi connectivity index (χ3v) is 4.94. The second-order valence-electron chi connectivity index (χ2n) is 5.79. The molecule has 0 aromatic carbocycles. The number of methoxy groups -OCH3 is 1. The van der Waals surface area contributed by atoms with E-state index in [-0.39, 0.29) is 17.4 Å². The van der Waals surface area contributed by atoms with E-state index >= 15 is 0 Å². The molecule has 0 amide bonds. The van der Waals surface area contributed by atoms with Gasteiger partial charge in [-0.2, -0.15) is 0 Å². The number of rotatable bonds is 4. The van der Waals surface area contributed by atoms with Crippen molar-refractivity contribution in [2.45, 2.75) is 31.0 Å². The smallest absolute Gasteiger partial charge is 0.290 e. The third-order valence-electron chi connectivity index (χ3n) is 3.84. The first-order valence-corrected chi connectivity index (χ1v) is 9.61. The van der Waals surface area contributed by atoms with Crippen molar-refractivity contribution in [1.29, 1.82) is 0 Å². The number of anilines is 1. The van der Waals surface area contributed by atoms with E-state index in [4.69, 9.17) is 14.6 Å². The van der Waals surface area contributed by atoms with Gasteiger partial charge in [0.1, 0.15) is 12.4 Å². The number of carboxylic acid groups (broad SMARTS) is 1. The minimum Gasteiger partial charge on any atom is -0.483 e. The molecule has 1 atom stereocenters. The van der Waals surface area contributed by atoms with E-state index in [0.717, 1.165) is 24.0 Å². The zero-order chi connectivity index (χ0) is 19.3. The van der Waals surface area contributed by atoms with Crippen molar-refractivity contribution in [2.75, 3.05) is 24.8 Å². The first kappa shape index (κ1) is 19.8.